The molecule has 7 heteroatoms. The van der Waals surface area contributed by atoms with Crippen molar-refractivity contribution in [2.45, 2.75) is 71.1 Å². The average Bonchev–Trinajstić information content (AvgIpc) is 2.65. The first-order chi connectivity index (χ1) is 13.2. The Bertz CT molecular complexity index is 665. The molecule has 1 aliphatic rings. The zero-order valence-electron chi connectivity index (χ0n) is 16.6. The van der Waals surface area contributed by atoms with Crippen LogP contribution in [0.3, 0.4) is 0 Å². The molecule has 0 radical (unpaired) electrons. The summed E-state index contributed by atoms with van der Waals surface area (Å²) in [5.41, 5.74) is 6.28. The van der Waals surface area contributed by atoms with Crippen LogP contribution in [0.15, 0.2) is 30.3 Å². The number of rotatable bonds is 8. The minimum atomic E-state index is -0.967. The number of hydrogen-bond donors (Lipinski definition) is 2. The number of nitrogens with two attached hydrogens (primary N) is 1. The van der Waals surface area contributed by atoms with Crippen molar-refractivity contribution in [1.29, 1.82) is 0 Å². The van der Waals surface area contributed by atoms with Crippen LogP contribution in [-0.2, 0) is 25.7 Å². The molecule has 2 rings (SSSR count). The Kier molecular flexibility index (Phi) is 7.84. The van der Waals surface area contributed by atoms with Crippen LogP contribution in [0.5, 0.6) is 0 Å². The van der Waals surface area contributed by atoms with Crippen molar-refractivity contribution in [3.05, 3.63) is 35.9 Å². The summed E-state index contributed by atoms with van der Waals surface area (Å²) in [5, 5.41) is 2.50. The van der Waals surface area contributed by atoms with E-state index in [0.29, 0.717) is 0 Å². The maximum atomic E-state index is 12.6. The Morgan fingerprint density at radius 2 is 1.82 bits per heavy atom. The number of ether oxygens (including phenoxy) is 2. The summed E-state index contributed by atoms with van der Waals surface area (Å²) >= 11 is 0. The first-order valence-electron chi connectivity index (χ1n) is 9.71. The summed E-state index contributed by atoms with van der Waals surface area (Å²) in [5.74, 6) is -1.10. The summed E-state index contributed by atoms with van der Waals surface area (Å²) in [6, 6.07) is 8.24. The van der Waals surface area contributed by atoms with Gasteiger partial charge in [-0.15, -0.1) is 0 Å². The van der Waals surface area contributed by atoms with Crippen LogP contribution in [0, 0.1) is 5.41 Å². The van der Waals surface area contributed by atoms with Gasteiger partial charge in [-0.25, -0.2) is 9.59 Å². The van der Waals surface area contributed by atoms with Gasteiger partial charge in [0.2, 0.25) is 5.91 Å². The molecule has 1 fully saturated rings. The zero-order chi connectivity index (χ0) is 20.6. The van der Waals surface area contributed by atoms with E-state index in [4.69, 9.17) is 15.2 Å². The number of primary amides is 1. The van der Waals surface area contributed by atoms with E-state index in [-0.39, 0.29) is 31.0 Å². The summed E-state index contributed by atoms with van der Waals surface area (Å²) in [6.45, 7) is 4.48. The van der Waals surface area contributed by atoms with Gasteiger partial charge in [-0.3, -0.25) is 4.79 Å². The lowest BCUT2D eigenvalue weighted by atomic mass is 9.76. The van der Waals surface area contributed by atoms with Crippen LogP contribution in [0.2, 0.25) is 0 Å². The molecule has 1 atom stereocenters. The van der Waals surface area contributed by atoms with Gasteiger partial charge in [0.25, 0.3) is 0 Å². The molecule has 0 unspecified atom stereocenters. The SMILES string of the molecule is CC1(C)CCC(OC(=O)[C@H](CCC(N)=O)NC(=O)OCc2ccccc2)CC1. The first kappa shape index (κ1) is 21.7. The molecule has 3 N–H and O–H groups in total. The number of carbonyl (C=O) groups excluding carboxylic acids is 3. The molecule has 1 aromatic carbocycles. The topological polar surface area (TPSA) is 108 Å². The van der Waals surface area contributed by atoms with E-state index in [1.165, 1.54) is 0 Å². The average molecular weight is 390 g/mol. The summed E-state index contributed by atoms with van der Waals surface area (Å²) in [7, 11) is 0. The Hall–Kier alpha value is -2.57. The highest BCUT2D eigenvalue weighted by molar-refractivity contribution is 5.82. The van der Waals surface area contributed by atoms with Gasteiger partial charge in [0, 0.05) is 6.42 Å². The quantitative estimate of drug-likeness (QED) is 0.663. The molecular formula is C21H30N2O5. The van der Waals surface area contributed by atoms with Crippen LogP contribution >= 0.6 is 0 Å². The molecular weight excluding hydrogens is 360 g/mol. The number of amides is 2. The lowest BCUT2D eigenvalue weighted by Gasteiger charge is -2.34. The second-order valence-corrected chi connectivity index (χ2v) is 8.06. The van der Waals surface area contributed by atoms with Crippen LogP contribution in [0.4, 0.5) is 4.79 Å². The standard InChI is InChI=1S/C21H30N2O5/c1-21(2)12-10-16(11-13-21)28-19(25)17(8-9-18(22)24)23-20(26)27-14-15-6-4-3-5-7-15/h3-7,16-17H,8-14H2,1-2H3,(H2,22,24)(H,23,26)/t17-/m0/s1. The minimum Gasteiger partial charge on any atom is -0.461 e. The molecule has 0 heterocycles. The van der Waals surface area contributed by atoms with Crippen molar-refractivity contribution in [3.8, 4) is 0 Å². The monoisotopic (exact) mass is 390 g/mol. The Labute approximate surface area is 166 Å². The number of esters is 1. The number of nitrogens with one attached hydrogen (secondary N) is 1. The van der Waals surface area contributed by atoms with Gasteiger partial charge in [-0.2, -0.15) is 0 Å². The normalized spacial score (nSPS) is 17.4. The van der Waals surface area contributed by atoms with Crippen molar-refractivity contribution in [1.82, 2.24) is 5.32 Å². The predicted molar refractivity (Wildman–Crippen MR) is 104 cm³/mol. The van der Waals surface area contributed by atoms with Crippen LogP contribution < -0.4 is 11.1 Å². The third-order valence-corrected chi connectivity index (χ3v) is 5.04. The molecule has 1 saturated carbocycles. The van der Waals surface area contributed by atoms with Crippen molar-refractivity contribution < 1.29 is 23.9 Å². The molecule has 2 amide bonds. The van der Waals surface area contributed by atoms with Crippen LogP contribution in [0.25, 0.3) is 0 Å². The Morgan fingerprint density at radius 3 is 2.43 bits per heavy atom. The van der Waals surface area contributed by atoms with Crippen molar-refractivity contribution in [2.75, 3.05) is 0 Å². The highest BCUT2D eigenvalue weighted by atomic mass is 16.6. The minimum absolute atomic E-state index is 0.0313. The zero-order valence-corrected chi connectivity index (χ0v) is 16.6. The van der Waals surface area contributed by atoms with Gasteiger partial charge in [0.05, 0.1) is 0 Å². The molecule has 154 valence electrons. The number of benzene rings is 1. The fraction of sp³-hybridized carbons (Fsp3) is 0.571. The number of alkyl carbamates (subject to hydrolysis) is 1. The second-order valence-electron chi connectivity index (χ2n) is 8.06. The van der Waals surface area contributed by atoms with Crippen LogP contribution in [0.1, 0.15) is 57.9 Å². The molecule has 7 nitrogen and oxygen atoms in total. The molecule has 1 aromatic rings. The van der Waals surface area contributed by atoms with Crippen molar-refractivity contribution in [2.24, 2.45) is 11.1 Å². The van der Waals surface area contributed by atoms with Gasteiger partial charge >= 0.3 is 12.1 Å². The number of hydrogen-bond acceptors (Lipinski definition) is 5. The van der Waals surface area contributed by atoms with Gasteiger partial charge in [0.1, 0.15) is 18.8 Å². The maximum absolute atomic E-state index is 12.6. The molecule has 0 saturated heterocycles. The third kappa shape index (κ3) is 7.58. The highest BCUT2D eigenvalue weighted by Crippen LogP contribution is 2.36. The van der Waals surface area contributed by atoms with Gasteiger partial charge < -0.3 is 20.5 Å². The van der Waals surface area contributed by atoms with E-state index in [0.717, 1.165) is 31.2 Å². The fourth-order valence-electron chi connectivity index (χ4n) is 3.18. The second kappa shape index (κ2) is 10.1. The van der Waals surface area contributed by atoms with Gasteiger partial charge in [-0.05, 0) is 43.1 Å². The highest BCUT2D eigenvalue weighted by Gasteiger charge is 2.31. The van der Waals surface area contributed by atoms with E-state index in [1.54, 1.807) is 0 Å². The van der Waals surface area contributed by atoms with E-state index in [1.807, 2.05) is 30.3 Å². The molecule has 0 aromatic heterocycles. The van der Waals surface area contributed by atoms with Gasteiger partial charge in [-0.1, -0.05) is 44.2 Å². The Morgan fingerprint density at radius 1 is 1.18 bits per heavy atom. The molecule has 28 heavy (non-hydrogen) atoms. The molecule has 0 bridgehead atoms. The van der Waals surface area contributed by atoms with E-state index in [9.17, 15) is 14.4 Å². The fourth-order valence-corrected chi connectivity index (χ4v) is 3.18. The Balaban J connectivity index is 1.87. The molecule has 1 aliphatic carbocycles. The number of carbonyl (C=O) groups is 3. The molecule has 0 spiro atoms. The third-order valence-electron chi connectivity index (χ3n) is 5.04. The van der Waals surface area contributed by atoms with Crippen LogP contribution in [-0.4, -0.2) is 30.1 Å². The molecule has 0 aliphatic heterocycles. The summed E-state index contributed by atoms with van der Waals surface area (Å²) in [4.78, 5) is 35.8. The van der Waals surface area contributed by atoms with Gasteiger partial charge in [0.15, 0.2) is 0 Å². The lowest BCUT2D eigenvalue weighted by molar-refractivity contribution is -0.154. The van der Waals surface area contributed by atoms with E-state index < -0.39 is 24.0 Å². The van der Waals surface area contributed by atoms with Crippen molar-refractivity contribution in [3.63, 3.8) is 0 Å². The smallest absolute Gasteiger partial charge is 0.408 e. The first-order valence-corrected chi connectivity index (χ1v) is 9.71. The lowest BCUT2D eigenvalue weighted by Crippen LogP contribution is -2.44. The summed E-state index contributed by atoms with van der Waals surface area (Å²) in [6.07, 6.45) is 2.68. The summed E-state index contributed by atoms with van der Waals surface area (Å²) < 4.78 is 10.7. The maximum Gasteiger partial charge on any atom is 0.408 e. The largest absolute Gasteiger partial charge is 0.461 e. The predicted octanol–water partition coefficient (Wildman–Crippen LogP) is 3.06. The van der Waals surface area contributed by atoms with E-state index in [2.05, 4.69) is 19.2 Å². The van der Waals surface area contributed by atoms with Crippen molar-refractivity contribution >= 4 is 18.0 Å². The van der Waals surface area contributed by atoms with E-state index >= 15 is 0 Å².